The molecular weight excluding hydrogens is 504 g/mol. The number of nitrogens with zero attached hydrogens (tertiary/aromatic N) is 2. The average molecular weight is 537 g/mol. The lowest BCUT2D eigenvalue weighted by Crippen LogP contribution is -2.31. The Morgan fingerprint density at radius 3 is 2.23 bits per heavy atom. The normalized spacial score (nSPS) is 19.4. The molecule has 204 valence electrons. The molecule has 1 aromatic heterocycles. The molecule has 1 aliphatic heterocycles. The SMILES string of the molecule is CCOC(=O)C1(c2ccc(-c3ccc(-c4onc(C)c4CN4C(=O)O[C@@H](c5ccccc5)[C@H]4C)cc3)cc2)CC1. The van der Waals surface area contributed by atoms with Crippen molar-refractivity contribution in [3.63, 3.8) is 0 Å². The first-order valence-electron chi connectivity index (χ1n) is 13.8. The van der Waals surface area contributed by atoms with Gasteiger partial charge in [0.05, 0.1) is 30.3 Å². The van der Waals surface area contributed by atoms with Crippen LogP contribution in [-0.4, -0.2) is 34.8 Å². The molecule has 2 atom stereocenters. The summed E-state index contributed by atoms with van der Waals surface area (Å²) in [6.07, 6.45) is 0.997. The first-order valence-corrected chi connectivity index (χ1v) is 13.8. The molecule has 0 bridgehead atoms. The van der Waals surface area contributed by atoms with Crippen LogP contribution in [0.5, 0.6) is 0 Å². The minimum Gasteiger partial charge on any atom is -0.465 e. The highest BCUT2D eigenvalue weighted by Gasteiger charge is 2.52. The second-order valence-corrected chi connectivity index (χ2v) is 10.6. The molecule has 0 spiro atoms. The molecule has 0 unspecified atom stereocenters. The largest absolute Gasteiger partial charge is 0.465 e. The van der Waals surface area contributed by atoms with Crippen LogP contribution in [0.1, 0.15) is 55.2 Å². The highest BCUT2D eigenvalue weighted by atomic mass is 16.6. The summed E-state index contributed by atoms with van der Waals surface area (Å²) in [5, 5.41) is 4.22. The van der Waals surface area contributed by atoms with Crippen molar-refractivity contribution in [1.29, 1.82) is 0 Å². The van der Waals surface area contributed by atoms with Crippen molar-refractivity contribution in [3.8, 4) is 22.5 Å². The molecule has 0 N–H and O–H groups in total. The maximum absolute atomic E-state index is 12.8. The van der Waals surface area contributed by atoms with Crippen LogP contribution >= 0.6 is 0 Å². The Hall–Kier alpha value is -4.39. The molecule has 2 heterocycles. The van der Waals surface area contributed by atoms with Crippen molar-refractivity contribution in [2.24, 2.45) is 0 Å². The van der Waals surface area contributed by atoms with Gasteiger partial charge in [0.2, 0.25) is 0 Å². The second kappa shape index (κ2) is 10.3. The third kappa shape index (κ3) is 4.55. The maximum atomic E-state index is 12.8. The maximum Gasteiger partial charge on any atom is 0.411 e. The smallest absolute Gasteiger partial charge is 0.411 e. The summed E-state index contributed by atoms with van der Waals surface area (Å²) < 4.78 is 16.8. The van der Waals surface area contributed by atoms with E-state index in [0.717, 1.165) is 51.9 Å². The number of ether oxygens (including phenoxy) is 2. The van der Waals surface area contributed by atoms with Gasteiger partial charge in [0, 0.05) is 11.1 Å². The average Bonchev–Trinajstić information content (AvgIpc) is 3.65. The molecule has 7 heteroatoms. The van der Waals surface area contributed by atoms with Gasteiger partial charge < -0.3 is 14.0 Å². The summed E-state index contributed by atoms with van der Waals surface area (Å²) in [5.41, 5.74) is 6.12. The number of carbonyl (C=O) groups excluding carboxylic acids is 2. The molecule has 2 aliphatic rings. The minimum absolute atomic E-state index is 0.127. The zero-order chi connectivity index (χ0) is 27.9. The quantitative estimate of drug-likeness (QED) is 0.226. The lowest BCUT2D eigenvalue weighted by molar-refractivity contribution is -0.146. The van der Waals surface area contributed by atoms with Crippen molar-refractivity contribution in [3.05, 3.63) is 101 Å². The Bertz CT molecular complexity index is 1520. The van der Waals surface area contributed by atoms with Gasteiger partial charge in [-0.3, -0.25) is 9.69 Å². The van der Waals surface area contributed by atoms with Crippen molar-refractivity contribution < 1.29 is 23.6 Å². The van der Waals surface area contributed by atoms with Gasteiger partial charge in [0.25, 0.3) is 0 Å². The molecule has 1 saturated heterocycles. The Morgan fingerprint density at radius 2 is 1.60 bits per heavy atom. The van der Waals surface area contributed by atoms with E-state index < -0.39 is 5.41 Å². The molecule has 40 heavy (non-hydrogen) atoms. The van der Waals surface area contributed by atoms with Crippen molar-refractivity contribution in [1.82, 2.24) is 10.1 Å². The van der Waals surface area contributed by atoms with Gasteiger partial charge in [0.15, 0.2) is 5.76 Å². The number of cyclic esters (lactones) is 1. The van der Waals surface area contributed by atoms with E-state index in [9.17, 15) is 9.59 Å². The summed E-state index contributed by atoms with van der Waals surface area (Å²) in [5.74, 6) is 0.519. The molecule has 3 aromatic carbocycles. The number of hydrogen-bond acceptors (Lipinski definition) is 6. The molecule has 0 radical (unpaired) electrons. The zero-order valence-corrected chi connectivity index (χ0v) is 22.9. The summed E-state index contributed by atoms with van der Waals surface area (Å²) in [6.45, 7) is 6.48. The molecular formula is C33H32N2O5. The highest BCUT2D eigenvalue weighted by molar-refractivity contribution is 5.87. The highest BCUT2D eigenvalue weighted by Crippen LogP contribution is 2.49. The standard InChI is InChI=1S/C33H32N2O5/c1-4-38-31(36)33(18-19-33)27-16-14-24(15-17-27)23-10-12-26(13-11-23)30-28(21(2)34-40-30)20-35-22(3)29(39-32(35)37)25-8-6-5-7-9-25/h5-17,22,29H,4,18-20H2,1-3H3/t22-,29-/m1/s1. The number of carbonyl (C=O) groups is 2. The number of rotatable bonds is 8. The number of benzene rings is 3. The molecule has 7 nitrogen and oxygen atoms in total. The van der Waals surface area contributed by atoms with Gasteiger partial charge in [-0.05, 0) is 55.9 Å². The number of aromatic nitrogens is 1. The fourth-order valence-corrected chi connectivity index (χ4v) is 5.58. The Morgan fingerprint density at radius 1 is 0.975 bits per heavy atom. The van der Waals surface area contributed by atoms with Crippen LogP contribution in [0.4, 0.5) is 4.79 Å². The topological polar surface area (TPSA) is 81.9 Å². The first-order chi connectivity index (χ1) is 19.4. The van der Waals surface area contributed by atoms with E-state index in [4.69, 9.17) is 14.0 Å². The van der Waals surface area contributed by atoms with Crippen LogP contribution in [-0.2, 0) is 26.2 Å². The van der Waals surface area contributed by atoms with Gasteiger partial charge in [-0.2, -0.15) is 0 Å². The van der Waals surface area contributed by atoms with E-state index in [-0.39, 0.29) is 24.2 Å². The monoisotopic (exact) mass is 536 g/mol. The first kappa shape index (κ1) is 25.9. The summed E-state index contributed by atoms with van der Waals surface area (Å²) in [4.78, 5) is 27.0. The molecule has 1 aliphatic carbocycles. The van der Waals surface area contributed by atoms with Crippen LogP contribution in [0.25, 0.3) is 22.5 Å². The van der Waals surface area contributed by atoms with Crippen LogP contribution in [0.3, 0.4) is 0 Å². The van der Waals surface area contributed by atoms with E-state index in [2.05, 4.69) is 17.3 Å². The second-order valence-electron chi connectivity index (χ2n) is 10.6. The molecule has 2 fully saturated rings. The lowest BCUT2D eigenvalue weighted by Gasteiger charge is -2.21. The van der Waals surface area contributed by atoms with Crippen LogP contribution in [0.15, 0.2) is 83.4 Å². The molecule has 4 aromatic rings. The van der Waals surface area contributed by atoms with E-state index in [1.165, 1.54) is 0 Å². The van der Waals surface area contributed by atoms with Crippen LogP contribution in [0, 0.1) is 6.92 Å². The number of hydrogen-bond donors (Lipinski definition) is 0. The van der Waals surface area contributed by atoms with Gasteiger partial charge in [-0.25, -0.2) is 4.79 Å². The number of aryl methyl sites for hydroxylation is 1. The lowest BCUT2D eigenvalue weighted by atomic mass is 9.93. The van der Waals surface area contributed by atoms with Crippen molar-refractivity contribution >= 4 is 12.1 Å². The fourth-order valence-electron chi connectivity index (χ4n) is 5.58. The zero-order valence-electron chi connectivity index (χ0n) is 22.9. The summed E-state index contributed by atoms with van der Waals surface area (Å²) in [7, 11) is 0. The fraction of sp³-hybridized carbons (Fsp3) is 0.303. The van der Waals surface area contributed by atoms with E-state index in [1.54, 1.807) is 4.90 Å². The Labute approximate surface area is 233 Å². The molecule has 6 rings (SSSR count). The summed E-state index contributed by atoms with van der Waals surface area (Å²) >= 11 is 0. The number of esters is 1. The third-order valence-electron chi connectivity index (χ3n) is 8.17. The molecule has 1 saturated carbocycles. The Kier molecular flexibility index (Phi) is 6.66. The van der Waals surface area contributed by atoms with Gasteiger partial charge >= 0.3 is 12.1 Å². The van der Waals surface area contributed by atoms with E-state index in [1.807, 2.05) is 87.5 Å². The van der Waals surface area contributed by atoms with E-state index in [0.29, 0.717) is 18.9 Å². The summed E-state index contributed by atoms with van der Waals surface area (Å²) in [6, 6.07) is 25.9. The van der Waals surface area contributed by atoms with Crippen molar-refractivity contribution in [2.45, 2.75) is 57.7 Å². The van der Waals surface area contributed by atoms with Crippen LogP contribution in [0.2, 0.25) is 0 Å². The molecule has 1 amide bonds. The third-order valence-corrected chi connectivity index (χ3v) is 8.17. The number of amides is 1. The van der Waals surface area contributed by atoms with Crippen LogP contribution < -0.4 is 0 Å². The Balaban J connectivity index is 1.20. The van der Waals surface area contributed by atoms with Gasteiger partial charge in [-0.1, -0.05) is 84.0 Å². The van der Waals surface area contributed by atoms with Gasteiger partial charge in [-0.15, -0.1) is 0 Å². The van der Waals surface area contributed by atoms with Crippen molar-refractivity contribution in [2.75, 3.05) is 6.61 Å². The predicted octanol–water partition coefficient (Wildman–Crippen LogP) is 6.99. The van der Waals surface area contributed by atoms with E-state index >= 15 is 0 Å². The minimum atomic E-state index is -0.473. The predicted molar refractivity (Wildman–Crippen MR) is 150 cm³/mol. The van der Waals surface area contributed by atoms with Gasteiger partial charge in [0.1, 0.15) is 6.10 Å².